The number of aryl methyl sites for hydroxylation is 1. The normalized spacial score (nSPS) is 14.3. The minimum absolute atomic E-state index is 0.944. The summed E-state index contributed by atoms with van der Waals surface area (Å²) in [6, 6.07) is 17.2. The minimum Gasteiger partial charge on any atom is -0.368 e. The molecule has 1 aromatic heterocycles. The highest BCUT2D eigenvalue weighted by molar-refractivity contribution is 5.95. The number of anilines is 1. The molecule has 0 atom stereocenters. The van der Waals surface area contributed by atoms with Crippen molar-refractivity contribution < 1.29 is 0 Å². The van der Waals surface area contributed by atoms with Gasteiger partial charge in [-0.3, -0.25) is 4.57 Å². The second-order valence-electron chi connectivity index (χ2n) is 7.29. The summed E-state index contributed by atoms with van der Waals surface area (Å²) in [5.41, 5.74) is 5.93. The van der Waals surface area contributed by atoms with Crippen LogP contribution in [0.15, 0.2) is 68.3 Å². The topological polar surface area (TPSA) is 11.4 Å². The van der Waals surface area contributed by atoms with Gasteiger partial charge in [-0.15, -0.1) is 0 Å². The van der Waals surface area contributed by atoms with Gasteiger partial charge in [0.05, 0.1) is 11.2 Å². The maximum Gasteiger partial charge on any atom is 0.106 e. The summed E-state index contributed by atoms with van der Waals surface area (Å²) in [5, 5.41) is 1.19. The molecular formula is C25H27N3. The summed E-state index contributed by atoms with van der Waals surface area (Å²) in [6.45, 7) is 18.5. The molecule has 3 heteroatoms. The zero-order valence-electron chi connectivity index (χ0n) is 16.6. The van der Waals surface area contributed by atoms with Crippen LogP contribution in [0.5, 0.6) is 0 Å². The van der Waals surface area contributed by atoms with E-state index in [-0.39, 0.29) is 0 Å². The summed E-state index contributed by atoms with van der Waals surface area (Å²) in [6.07, 6.45) is 3.82. The number of aromatic nitrogens is 1. The molecule has 0 unspecified atom stereocenters. The summed E-state index contributed by atoms with van der Waals surface area (Å²) in [7, 11) is 0. The van der Waals surface area contributed by atoms with Crippen LogP contribution in [0.1, 0.15) is 16.8 Å². The van der Waals surface area contributed by atoms with Gasteiger partial charge in [-0.1, -0.05) is 56.1 Å². The number of fused-ring (bicyclic) bond motifs is 1. The molecule has 0 saturated carbocycles. The highest BCUT2D eigenvalue weighted by Gasteiger charge is 2.22. The molecule has 0 radical (unpaired) electrons. The molecule has 0 amide bonds. The maximum absolute atomic E-state index is 4.46. The quantitative estimate of drug-likeness (QED) is 0.589. The van der Waals surface area contributed by atoms with E-state index >= 15 is 0 Å². The van der Waals surface area contributed by atoms with Crippen LogP contribution < -0.4 is 4.90 Å². The van der Waals surface area contributed by atoms with Crippen molar-refractivity contribution in [2.45, 2.75) is 6.92 Å². The van der Waals surface area contributed by atoms with Crippen LogP contribution in [0.4, 0.5) is 5.69 Å². The van der Waals surface area contributed by atoms with Crippen molar-refractivity contribution in [3.8, 4) is 0 Å². The van der Waals surface area contributed by atoms with Gasteiger partial charge in [-0.2, -0.15) is 0 Å². The molecule has 142 valence electrons. The van der Waals surface area contributed by atoms with E-state index in [0.717, 1.165) is 48.8 Å². The molecule has 1 aliphatic rings. The fourth-order valence-corrected chi connectivity index (χ4v) is 4.17. The first-order valence-corrected chi connectivity index (χ1v) is 9.78. The van der Waals surface area contributed by atoms with Gasteiger partial charge in [0, 0.05) is 42.8 Å². The van der Waals surface area contributed by atoms with E-state index in [9.17, 15) is 0 Å². The number of benzene rings is 2. The fraction of sp³-hybridized carbons (Fsp3) is 0.200. The molecule has 3 aromatic rings. The predicted molar refractivity (Wildman–Crippen MR) is 122 cm³/mol. The number of hydrogen-bond acceptors (Lipinski definition) is 2. The first-order chi connectivity index (χ1) is 13.6. The van der Waals surface area contributed by atoms with Crippen molar-refractivity contribution in [1.82, 2.24) is 9.47 Å². The summed E-state index contributed by atoms with van der Waals surface area (Å²) in [5.74, 6) is 1.00. The van der Waals surface area contributed by atoms with Crippen molar-refractivity contribution in [3.05, 3.63) is 85.1 Å². The molecule has 2 aromatic carbocycles. The van der Waals surface area contributed by atoms with Gasteiger partial charge >= 0.3 is 0 Å². The van der Waals surface area contributed by atoms with Crippen molar-refractivity contribution in [2.24, 2.45) is 0 Å². The Morgan fingerprint density at radius 3 is 2.36 bits per heavy atom. The second kappa shape index (κ2) is 7.43. The Balaban J connectivity index is 1.61. The van der Waals surface area contributed by atoms with Gasteiger partial charge < -0.3 is 9.80 Å². The first kappa shape index (κ1) is 18.2. The Morgan fingerprint density at radius 2 is 1.68 bits per heavy atom. The molecular weight excluding hydrogens is 342 g/mol. The molecule has 0 spiro atoms. The van der Waals surface area contributed by atoms with E-state index in [0.29, 0.717) is 0 Å². The number of nitrogens with zero attached hydrogens (tertiary/aromatic N) is 3. The minimum atomic E-state index is 0.944. The van der Waals surface area contributed by atoms with E-state index in [1.807, 2.05) is 12.2 Å². The van der Waals surface area contributed by atoms with Crippen molar-refractivity contribution in [1.29, 1.82) is 0 Å². The van der Waals surface area contributed by atoms with Crippen LogP contribution in [0.3, 0.4) is 0 Å². The van der Waals surface area contributed by atoms with Crippen LogP contribution in [0.25, 0.3) is 28.9 Å². The zero-order valence-corrected chi connectivity index (χ0v) is 16.6. The molecule has 4 rings (SSSR count). The predicted octanol–water partition coefficient (Wildman–Crippen LogP) is 5.49. The third kappa shape index (κ3) is 3.03. The molecule has 0 N–H and O–H groups in total. The summed E-state index contributed by atoms with van der Waals surface area (Å²) < 4.78 is 2.22. The Labute approximate surface area is 167 Å². The lowest BCUT2D eigenvalue weighted by Crippen LogP contribution is -2.46. The third-order valence-corrected chi connectivity index (χ3v) is 5.62. The number of para-hydroxylation sites is 1. The summed E-state index contributed by atoms with van der Waals surface area (Å²) >= 11 is 0. The van der Waals surface area contributed by atoms with Crippen LogP contribution in [0.2, 0.25) is 0 Å². The second-order valence-corrected chi connectivity index (χ2v) is 7.29. The molecule has 1 saturated heterocycles. The van der Waals surface area contributed by atoms with Gasteiger partial charge in [-0.25, -0.2) is 0 Å². The van der Waals surface area contributed by atoms with Gasteiger partial charge in [0.2, 0.25) is 0 Å². The van der Waals surface area contributed by atoms with Gasteiger partial charge in [-0.05, 0) is 36.8 Å². The Morgan fingerprint density at radius 1 is 0.929 bits per heavy atom. The highest BCUT2D eigenvalue weighted by Crippen LogP contribution is 2.32. The van der Waals surface area contributed by atoms with Crippen LogP contribution in [-0.4, -0.2) is 35.6 Å². The smallest absolute Gasteiger partial charge is 0.106 e. The van der Waals surface area contributed by atoms with E-state index in [2.05, 4.69) is 89.6 Å². The van der Waals surface area contributed by atoms with Crippen molar-refractivity contribution in [2.75, 3.05) is 31.1 Å². The molecule has 1 fully saturated rings. The molecule has 0 aliphatic carbocycles. The Bertz CT molecular complexity index is 1050. The van der Waals surface area contributed by atoms with Gasteiger partial charge in [0.15, 0.2) is 0 Å². The zero-order chi connectivity index (χ0) is 19.7. The number of piperazine rings is 1. The largest absolute Gasteiger partial charge is 0.368 e. The fourth-order valence-electron chi connectivity index (χ4n) is 4.17. The van der Waals surface area contributed by atoms with E-state index in [1.165, 1.54) is 16.6 Å². The Kier molecular flexibility index (Phi) is 4.82. The van der Waals surface area contributed by atoms with Crippen LogP contribution in [-0.2, 0) is 0 Å². The number of rotatable bonds is 5. The lowest BCUT2D eigenvalue weighted by Gasteiger charge is -2.38. The van der Waals surface area contributed by atoms with Crippen molar-refractivity contribution in [3.63, 3.8) is 0 Å². The van der Waals surface area contributed by atoms with E-state index in [1.54, 1.807) is 0 Å². The highest BCUT2D eigenvalue weighted by atomic mass is 15.3. The molecule has 1 aliphatic heterocycles. The first-order valence-electron chi connectivity index (χ1n) is 9.78. The lowest BCUT2D eigenvalue weighted by atomic mass is 10.1. The maximum atomic E-state index is 4.46. The molecule has 2 heterocycles. The molecule has 28 heavy (non-hydrogen) atoms. The van der Waals surface area contributed by atoms with E-state index < -0.39 is 0 Å². The Hall–Kier alpha value is -3.20. The molecule has 3 nitrogen and oxygen atoms in total. The summed E-state index contributed by atoms with van der Waals surface area (Å²) in [4.78, 5) is 4.83. The van der Waals surface area contributed by atoms with E-state index in [4.69, 9.17) is 0 Å². The van der Waals surface area contributed by atoms with Crippen molar-refractivity contribution >= 4 is 34.6 Å². The molecule has 0 bridgehead atoms. The van der Waals surface area contributed by atoms with Gasteiger partial charge in [0.1, 0.15) is 5.82 Å². The lowest BCUT2D eigenvalue weighted by molar-refractivity contribution is 0.354. The standard InChI is InChI=1S/C25H27N3/c1-5-22-23-12-7-8-13-25(23)28(24(22)6-2)20(4)26-14-16-27(17-15-26)21-11-9-10-19(3)18-21/h5-13,18H,1-2,4,14-17H2,3H3. The van der Waals surface area contributed by atoms with Gasteiger partial charge in [0.25, 0.3) is 0 Å². The SMILES string of the molecule is C=Cc1c(C=C)n(C(=C)N2CCN(c3cccc(C)c3)CC2)c2ccccc12. The monoisotopic (exact) mass is 369 g/mol. The number of hydrogen-bond donors (Lipinski definition) is 0. The third-order valence-electron chi connectivity index (χ3n) is 5.62. The average molecular weight is 370 g/mol. The average Bonchev–Trinajstić information content (AvgIpc) is 3.06. The van der Waals surface area contributed by atoms with Crippen LogP contribution in [0, 0.1) is 6.92 Å². The van der Waals surface area contributed by atoms with Crippen LogP contribution >= 0.6 is 0 Å².